The molecule has 1 aromatic carbocycles. The minimum absolute atomic E-state index is 0.239. The van der Waals surface area contributed by atoms with Gasteiger partial charge in [-0.2, -0.15) is 4.98 Å². The average molecular weight is 248 g/mol. The van der Waals surface area contributed by atoms with Crippen molar-refractivity contribution in [1.82, 2.24) is 10.1 Å². The Kier molecular flexibility index (Phi) is 2.74. The maximum Gasteiger partial charge on any atom is 0.229 e. The zero-order valence-electron chi connectivity index (χ0n) is 10.0. The van der Waals surface area contributed by atoms with Crippen LogP contribution in [-0.4, -0.2) is 10.1 Å². The van der Waals surface area contributed by atoms with Gasteiger partial charge in [0.15, 0.2) is 6.61 Å². The molecule has 0 amide bonds. The van der Waals surface area contributed by atoms with E-state index in [-0.39, 0.29) is 12.4 Å². The van der Waals surface area contributed by atoms with Crippen LogP contribution in [0.2, 0.25) is 0 Å². The van der Waals surface area contributed by atoms with Gasteiger partial charge in [-0.1, -0.05) is 5.16 Å². The highest BCUT2D eigenvalue weighted by molar-refractivity contribution is 5.32. The molecule has 1 aliphatic carbocycles. The normalized spacial score (nSPS) is 14.8. The van der Waals surface area contributed by atoms with Crippen LogP contribution < -0.4 is 4.74 Å². The van der Waals surface area contributed by atoms with Crippen molar-refractivity contribution in [3.05, 3.63) is 41.3 Å². The molecule has 0 atom stereocenters. The number of hydrogen-bond acceptors (Lipinski definition) is 4. The van der Waals surface area contributed by atoms with Crippen LogP contribution in [0.3, 0.4) is 0 Å². The molecule has 0 aliphatic heterocycles. The van der Waals surface area contributed by atoms with Gasteiger partial charge in [-0.3, -0.25) is 0 Å². The predicted octanol–water partition coefficient (Wildman–Crippen LogP) is 2.97. The van der Waals surface area contributed by atoms with Gasteiger partial charge in [0.25, 0.3) is 0 Å². The lowest BCUT2D eigenvalue weighted by Gasteiger charge is -2.06. The second-order valence-electron chi connectivity index (χ2n) is 4.52. The third-order valence-electron chi connectivity index (χ3n) is 2.90. The number of halogens is 1. The predicted molar refractivity (Wildman–Crippen MR) is 61.7 cm³/mol. The van der Waals surface area contributed by atoms with E-state index in [9.17, 15) is 4.39 Å². The monoisotopic (exact) mass is 248 g/mol. The van der Waals surface area contributed by atoms with Gasteiger partial charge in [-0.25, -0.2) is 4.39 Å². The fraction of sp³-hybridized carbons (Fsp3) is 0.385. The highest BCUT2D eigenvalue weighted by atomic mass is 19.1. The van der Waals surface area contributed by atoms with E-state index < -0.39 is 0 Å². The topological polar surface area (TPSA) is 48.2 Å². The molecule has 5 heteroatoms. The van der Waals surface area contributed by atoms with E-state index in [1.54, 1.807) is 13.0 Å². The molecular weight excluding hydrogens is 235 g/mol. The molecule has 0 spiro atoms. The molecule has 0 radical (unpaired) electrons. The Bertz CT molecular complexity index is 564. The molecule has 2 aromatic rings. The van der Waals surface area contributed by atoms with Crippen molar-refractivity contribution in [2.24, 2.45) is 0 Å². The third-order valence-corrected chi connectivity index (χ3v) is 2.90. The maximum absolute atomic E-state index is 12.9. The van der Waals surface area contributed by atoms with Gasteiger partial charge in [0.05, 0.1) is 0 Å². The summed E-state index contributed by atoms with van der Waals surface area (Å²) >= 11 is 0. The molecule has 4 nitrogen and oxygen atoms in total. The summed E-state index contributed by atoms with van der Waals surface area (Å²) < 4.78 is 23.6. The van der Waals surface area contributed by atoms with E-state index in [4.69, 9.17) is 9.26 Å². The maximum atomic E-state index is 12.9. The molecule has 0 saturated heterocycles. The van der Waals surface area contributed by atoms with Crippen LogP contribution in [0.25, 0.3) is 0 Å². The summed E-state index contributed by atoms with van der Waals surface area (Å²) in [6.07, 6.45) is 2.25. The molecule has 1 aromatic heterocycles. The van der Waals surface area contributed by atoms with Crippen molar-refractivity contribution in [1.29, 1.82) is 0 Å². The first-order chi connectivity index (χ1) is 8.72. The highest BCUT2D eigenvalue weighted by Crippen LogP contribution is 2.38. The van der Waals surface area contributed by atoms with Gasteiger partial charge < -0.3 is 9.26 Å². The van der Waals surface area contributed by atoms with Crippen LogP contribution in [0.15, 0.2) is 22.7 Å². The molecule has 18 heavy (non-hydrogen) atoms. The SMILES string of the molecule is Cc1cc(F)ccc1OCc1noc(C2CC2)n1. The van der Waals surface area contributed by atoms with E-state index in [2.05, 4.69) is 10.1 Å². The number of benzene rings is 1. The molecule has 1 aliphatic rings. The van der Waals surface area contributed by atoms with Gasteiger partial charge in [0, 0.05) is 5.92 Å². The first-order valence-electron chi connectivity index (χ1n) is 5.94. The fourth-order valence-corrected chi connectivity index (χ4v) is 1.74. The van der Waals surface area contributed by atoms with Gasteiger partial charge in [-0.15, -0.1) is 0 Å². The van der Waals surface area contributed by atoms with Gasteiger partial charge in [0.1, 0.15) is 11.6 Å². The molecule has 1 saturated carbocycles. The van der Waals surface area contributed by atoms with E-state index in [1.807, 2.05) is 0 Å². The fourth-order valence-electron chi connectivity index (χ4n) is 1.74. The molecule has 1 fully saturated rings. The van der Waals surface area contributed by atoms with Crippen molar-refractivity contribution in [3.63, 3.8) is 0 Å². The van der Waals surface area contributed by atoms with Crippen LogP contribution in [0, 0.1) is 12.7 Å². The van der Waals surface area contributed by atoms with E-state index >= 15 is 0 Å². The van der Waals surface area contributed by atoms with Crippen molar-refractivity contribution >= 4 is 0 Å². The Morgan fingerprint density at radius 3 is 3.00 bits per heavy atom. The number of rotatable bonds is 4. The minimum Gasteiger partial charge on any atom is -0.485 e. The van der Waals surface area contributed by atoms with Gasteiger partial charge in [0.2, 0.25) is 11.7 Å². The lowest BCUT2D eigenvalue weighted by Crippen LogP contribution is -1.99. The number of aromatic nitrogens is 2. The minimum atomic E-state index is -0.268. The van der Waals surface area contributed by atoms with Crippen molar-refractivity contribution in [2.75, 3.05) is 0 Å². The molecule has 3 rings (SSSR count). The first-order valence-corrected chi connectivity index (χ1v) is 5.94. The quantitative estimate of drug-likeness (QED) is 0.834. The van der Waals surface area contributed by atoms with E-state index in [1.165, 1.54) is 12.1 Å². The summed E-state index contributed by atoms with van der Waals surface area (Å²) in [6.45, 7) is 2.03. The van der Waals surface area contributed by atoms with E-state index in [0.29, 0.717) is 23.4 Å². The van der Waals surface area contributed by atoms with Crippen molar-refractivity contribution in [2.45, 2.75) is 32.3 Å². The number of hydrogen-bond donors (Lipinski definition) is 0. The van der Waals surface area contributed by atoms with Crippen molar-refractivity contribution in [3.8, 4) is 5.75 Å². The van der Waals surface area contributed by atoms with Crippen molar-refractivity contribution < 1.29 is 13.7 Å². The standard InChI is InChI=1S/C13H13FN2O2/c1-8-6-10(14)4-5-11(8)17-7-12-15-13(18-16-12)9-2-3-9/h4-6,9H,2-3,7H2,1H3. The molecular formula is C13H13FN2O2. The Hall–Kier alpha value is -1.91. The van der Waals surface area contributed by atoms with E-state index in [0.717, 1.165) is 18.4 Å². The van der Waals surface area contributed by atoms with Crippen LogP contribution in [0.1, 0.15) is 36.0 Å². The highest BCUT2D eigenvalue weighted by Gasteiger charge is 2.29. The molecule has 1 heterocycles. The zero-order chi connectivity index (χ0) is 12.5. The Labute approximate surface area is 104 Å². The summed E-state index contributed by atoms with van der Waals surface area (Å²) in [5, 5.41) is 3.85. The number of aryl methyl sites for hydroxylation is 1. The number of ether oxygens (including phenoxy) is 1. The van der Waals surface area contributed by atoms with Crippen LogP contribution in [0.4, 0.5) is 4.39 Å². The Balaban J connectivity index is 1.65. The summed E-state index contributed by atoms with van der Waals surface area (Å²) in [6, 6.07) is 4.40. The number of nitrogens with zero attached hydrogens (tertiary/aromatic N) is 2. The third kappa shape index (κ3) is 2.34. The second kappa shape index (κ2) is 4.40. The van der Waals surface area contributed by atoms with Crippen LogP contribution >= 0.6 is 0 Å². The smallest absolute Gasteiger partial charge is 0.229 e. The van der Waals surface area contributed by atoms with Crippen LogP contribution in [0.5, 0.6) is 5.75 Å². The summed E-state index contributed by atoms with van der Waals surface area (Å²) in [7, 11) is 0. The lowest BCUT2D eigenvalue weighted by atomic mass is 10.2. The zero-order valence-corrected chi connectivity index (χ0v) is 10.0. The molecule has 94 valence electrons. The largest absolute Gasteiger partial charge is 0.485 e. The van der Waals surface area contributed by atoms with Gasteiger partial charge >= 0.3 is 0 Å². The second-order valence-corrected chi connectivity index (χ2v) is 4.52. The first kappa shape index (κ1) is 11.2. The summed E-state index contributed by atoms with van der Waals surface area (Å²) in [5.74, 6) is 2.04. The Morgan fingerprint density at radius 2 is 2.28 bits per heavy atom. The summed E-state index contributed by atoms with van der Waals surface area (Å²) in [4.78, 5) is 4.26. The van der Waals surface area contributed by atoms with Gasteiger partial charge in [-0.05, 0) is 43.5 Å². The summed E-state index contributed by atoms with van der Waals surface area (Å²) in [5.41, 5.74) is 0.751. The molecule has 0 N–H and O–H groups in total. The average Bonchev–Trinajstić information content (AvgIpc) is 3.08. The van der Waals surface area contributed by atoms with Crippen LogP contribution in [-0.2, 0) is 6.61 Å². The Morgan fingerprint density at radius 1 is 1.44 bits per heavy atom. The molecule has 0 bridgehead atoms. The lowest BCUT2D eigenvalue weighted by molar-refractivity contribution is 0.283. The molecule has 0 unspecified atom stereocenters.